The van der Waals surface area contributed by atoms with Crippen molar-refractivity contribution in [2.24, 2.45) is 5.10 Å². The maximum atomic E-state index is 13.8. The van der Waals surface area contributed by atoms with Gasteiger partial charge in [0.1, 0.15) is 5.75 Å². The van der Waals surface area contributed by atoms with Crippen LogP contribution in [0.15, 0.2) is 62.9 Å². The molecule has 0 amide bonds. The maximum absolute atomic E-state index is 13.8. The van der Waals surface area contributed by atoms with Gasteiger partial charge in [0.25, 0.3) is 5.56 Å². The van der Waals surface area contributed by atoms with E-state index < -0.39 is 12.1 Å². The first-order valence-electron chi connectivity index (χ1n) is 13.2. The molecule has 0 aliphatic heterocycles. The average molecular weight is 623 g/mol. The summed E-state index contributed by atoms with van der Waals surface area (Å²) in [7, 11) is 1.46. The van der Waals surface area contributed by atoms with E-state index >= 15 is 0 Å². The maximum Gasteiger partial charge on any atom is 0.344 e. The fourth-order valence-electron chi connectivity index (χ4n) is 4.39. The van der Waals surface area contributed by atoms with E-state index in [1.165, 1.54) is 24.9 Å². The second-order valence-corrected chi connectivity index (χ2v) is 10.6. The quantitative estimate of drug-likeness (QED) is 0.204. The molecule has 0 saturated carbocycles. The zero-order valence-corrected chi connectivity index (χ0v) is 25.4. The molecule has 0 spiro atoms. The molecule has 1 atom stereocenters. The third kappa shape index (κ3) is 6.27. The molecular formula is C31H32BrN3O6. The molecule has 0 saturated heterocycles. The van der Waals surface area contributed by atoms with Gasteiger partial charge >= 0.3 is 5.97 Å². The molecule has 3 aromatic carbocycles. The van der Waals surface area contributed by atoms with Crippen LogP contribution in [0.3, 0.4) is 0 Å². The SMILES string of the molecule is CCOc1cc(C)c(-c2nc3ccccc3c(=O)n2N=Cc2cc(Br)cc(OC)c2O[C@H](C)C(=O)O)cc1C(C)C. The summed E-state index contributed by atoms with van der Waals surface area (Å²) in [6.45, 7) is 9.99. The first-order chi connectivity index (χ1) is 19.5. The number of carboxylic acids is 1. The van der Waals surface area contributed by atoms with E-state index in [1.54, 1.807) is 30.3 Å². The number of halogens is 1. The number of ether oxygens (including phenoxy) is 3. The fourth-order valence-corrected chi connectivity index (χ4v) is 4.84. The lowest BCUT2D eigenvalue weighted by atomic mass is 9.96. The Morgan fingerprint density at radius 3 is 2.54 bits per heavy atom. The van der Waals surface area contributed by atoms with Crippen molar-refractivity contribution >= 4 is 39.0 Å². The van der Waals surface area contributed by atoms with Crippen LogP contribution in [-0.4, -0.2) is 46.8 Å². The predicted octanol–water partition coefficient (Wildman–Crippen LogP) is 6.40. The molecule has 214 valence electrons. The number of methoxy groups -OCH3 is 1. The van der Waals surface area contributed by atoms with Crippen molar-refractivity contribution < 1.29 is 24.1 Å². The highest BCUT2D eigenvalue weighted by Crippen LogP contribution is 2.36. The molecule has 1 aromatic heterocycles. The zero-order valence-electron chi connectivity index (χ0n) is 23.8. The van der Waals surface area contributed by atoms with Crippen LogP contribution in [0.4, 0.5) is 0 Å². The first-order valence-corrected chi connectivity index (χ1v) is 14.0. The number of hydrogen-bond acceptors (Lipinski definition) is 7. The van der Waals surface area contributed by atoms with E-state index in [4.69, 9.17) is 19.2 Å². The topological polar surface area (TPSA) is 112 Å². The summed E-state index contributed by atoms with van der Waals surface area (Å²) >= 11 is 3.45. The van der Waals surface area contributed by atoms with Crippen LogP contribution < -0.4 is 19.8 Å². The van der Waals surface area contributed by atoms with Gasteiger partial charge in [-0.1, -0.05) is 41.9 Å². The smallest absolute Gasteiger partial charge is 0.344 e. The highest BCUT2D eigenvalue weighted by molar-refractivity contribution is 9.10. The van der Waals surface area contributed by atoms with Crippen LogP contribution in [0.25, 0.3) is 22.3 Å². The minimum absolute atomic E-state index is 0.157. The van der Waals surface area contributed by atoms with Gasteiger partial charge in [0.05, 0.1) is 30.8 Å². The van der Waals surface area contributed by atoms with Crippen molar-refractivity contribution in [3.63, 3.8) is 0 Å². The van der Waals surface area contributed by atoms with Crippen molar-refractivity contribution in [2.45, 2.75) is 46.6 Å². The Kier molecular flexibility index (Phi) is 9.12. The molecule has 0 aliphatic carbocycles. The van der Waals surface area contributed by atoms with Gasteiger partial charge in [0.2, 0.25) is 0 Å². The van der Waals surface area contributed by atoms with Gasteiger partial charge in [0, 0.05) is 15.6 Å². The Labute approximate surface area is 246 Å². The predicted molar refractivity (Wildman–Crippen MR) is 163 cm³/mol. The lowest BCUT2D eigenvalue weighted by Crippen LogP contribution is -2.24. The van der Waals surface area contributed by atoms with Crippen LogP contribution in [0.5, 0.6) is 17.2 Å². The summed E-state index contributed by atoms with van der Waals surface area (Å²) < 4.78 is 19.0. The van der Waals surface area contributed by atoms with Gasteiger partial charge < -0.3 is 19.3 Å². The van der Waals surface area contributed by atoms with E-state index in [2.05, 4.69) is 34.9 Å². The fraction of sp³-hybridized carbons (Fsp3) is 0.290. The normalized spacial score (nSPS) is 12.2. The number of carboxylic acid groups (broad SMARTS) is 1. The van der Waals surface area contributed by atoms with Gasteiger partial charge in [0.15, 0.2) is 23.4 Å². The summed E-state index contributed by atoms with van der Waals surface area (Å²) in [4.78, 5) is 30.2. The van der Waals surface area contributed by atoms with Crippen LogP contribution in [-0.2, 0) is 4.79 Å². The van der Waals surface area contributed by atoms with Crippen LogP contribution in [0, 0.1) is 6.92 Å². The molecule has 0 radical (unpaired) electrons. The molecule has 0 bridgehead atoms. The number of rotatable bonds is 10. The van der Waals surface area contributed by atoms with E-state index in [-0.39, 0.29) is 17.2 Å². The van der Waals surface area contributed by atoms with Crippen molar-refractivity contribution in [3.8, 4) is 28.6 Å². The number of aryl methyl sites for hydroxylation is 1. The molecular weight excluding hydrogens is 590 g/mol. The average Bonchev–Trinajstić information content (AvgIpc) is 2.93. The molecule has 41 heavy (non-hydrogen) atoms. The van der Waals surface area contributed by atoms with Crippen LogP contribution in [0.1, 0.15) is 50.3 Å². The molecule has 9 nitrogen and oxygen atoms in total. The highest BCUT2D eigenvalue weighted by Gasteiger charge is 2.21. The van der Waals surface area contributed by atoms with Crippen molar-refractivity contribution in [3.05, 3.63) is 80.0 Å². The highest BCUT2D eigenvalue weighted by atomic mass is 79.9. The van der Waals surface area contributed by atoms with E-state index in [0.29, 0.717) is 39.1 Å². The number of carbonyl (C=O) groups is 1. The Bertz CT molecular complexity index is 1700. The minimum Gasteiger partial charge on any atom is -0.494 e. The largest absolute Gasteiger partial charge is 0.494 e. The summed E-state index contributed by atoms with van der Waals surface area (Å²) in [5, 5.41) is 14.4. The number of fused-ring (bicyclic) bond motifs is 1. The summed E-state index contributed by atoms with van der Waals surface area (Å²) in [5.41, 5.74) is 3.18. The first kappa shape index (κ1) is 29.8. The number of aromatic nitrogens is 2. The Morgan fingerprint density at radius 2 is 1.88 bits per heavy atom. The van der Waals surface area contributed by atoms with E-state index in [9.17, 15) is 14.7 Å². The number of nitrogens with zero attached hydrogens (tertiary/aromatic N) is 3. The molecule has 4 aromatic rings. The minimum atomic E-state index is -1.15. The number of benzene rings is 3. The molecule has 0 fully saturated rings. The van der Waals surface area contributed by atoms with E-state index in [1.807, 2.05) is 32.0 Å². The third-order valence-electron chi connectivity index (χ3n) is 6.50. The molecule has 0 unspecified atom stereocenters. The number of hydrogen-bond donors (Lipinski definition) is 1. The molecule has 1 heterocycles. The number of para-hydroxylation sites is 1. The monoisotopic (exact) mass is 621 g/mol. The standard InChI is InChI=1S/C31H32BrN3O6/c1-7-40-26-12-18(4)24(15-23(26)17(2)3)29-34-25-11-9-8-10-22(25)30(36)35(29)33-16-20-13-21(32)14-27(39-6)28(20)41-19(5)31(37)38/h8-17,19H,7H2,1-6H3,(H,37,38)/t19-/m1/s1. The van der Waals surface area contributed by atoms with Gasteiger partial charge in [-0.05, 0) is 74.2 Å². The summed E-state index contributed by atoms with van der Waals surface area (Å²) in [6.07, 6.45) is 0.282. The summed E-state index contributed by atoms with van der Waals surface area (Å²) in [5.74, 6) is 0.652. The second-order valence-electron chi connectivity index (χ2n) is 9.73. The van der Waals surface area contributed by atoms with Gasteiger partial charge in [-0.2, -0.15) is 9.78 Å². The molecule has 4 rings (SSSR count). The van der Waals surface area contributed by atoms with Crippen LogP contribution >= 0.6 is 15.9 Å². The third-order valence-corrected chi connectivity index (χ3v) is 6.95. The lowest BCUT2D eigenvalue weighted by Gasteiger charge is -2.18. The zero-order chi connectivity index (χ0) is 29.8. The van der Waals surface area contributed by atoms with Gasteiger partial charge in [-0.25, -0.2) is 9.78 Å². The number of aliphatic carboxylic acids is 1. The van der Waals surface area contributed by atoms with Gasteiger partial charge in [-0.15, -0.1) is 0 Å². The molecule has 10 heteroatoms. The lowest BCUT2D eigenvalue weighted by molar-refractivity contribution is -0.144. The molecule has 0 aliphatic rings. The Hall–Kier alpha value is -4.18. The van der Waals surface area contributed by atoms with Gasteiger partial charge in [-0.3, -0.25) is 4.79 Å². The van der Waals surface area contributed by atoms with Crippen molar-refractivity contribution in [2.75, 3.05) is 13.7 Å². The van der Waals surface area contributed by atoms with E-state index in [0.717, 1.165) is 22.4 Å². The summed E-state index contributed by atoms with van der Waals surface area (Å²) in [6, 6.07) is 14.4. The molecule has 1 N–H and O–H groups in total. The Balaban J connectivity index is 1.98. The second kappa shape index (κ2) is 12.6. The van der Waals surface area contributed by atoms with Crippen LogP contribution in [0.2, 0.25) is 0 Å². The van der Waals surface area contributed by atoms with Crippen molar-refractivity contribution in [1.29, 1.82) is 0 Å². The Morgan fingerprint density at radius 1 is 1.15 bits per heavy atom. The van der Waals surface area contributed by atoms with Crippen molar-refractivity contribution in [1.82, 2.24) is 9.66 Å².